The summed E-state index contributed by atoms with van der Waals surface area (Å²) < 4.78 is 20.2. The average Bonchev–Trinajstić information content (AvgIpc) is 3.17. The quantitative estimate of drug-likeness (QED) is 0.525. The molecular formula is C17H18FN5O2S. The van der Waals surface area contributed by atoms with E-state index in [4.69, 9.17) is 10.3 Å². The summed E-state index contributed by atoms with van der Waals surface area (Å²) in [5.74, 6) is 6.51. The first-order valence-electron chi connectivity index (χ1n) is 7.85. The highest BCUT2D eigenvalue weighted by Crippen LogP contribution is 2.27. The molecule has 2 aromatic heterocycles. The van der Waals surface area contributed by atoms with Gasteiger partial charge < -0.3 is 15.6 Å². The number of nitrogens with zero attached hydrogens (tertiary/aromatic N) is 3. The van der Waals surface area contributed by atoms with Crippen LogP contribution in [-0.2, 0) is 4.79 Å². The van der Waals surface area contributed by atoms with Crippen molar-refractivity contribution in [2.45, 2.75) is 31.2 Å². The minimum Gasteiger partial charge on any atom is -0.469 e. The molecule has 0 aliphatic heterocycles. The largest absolute Gasteiger partial charge is 0.469 e. The topological polar surface area (TPSA) is 99.0 Å². The van der Waals surface area contributed by atoms with E-state index >= 15 is 0 Å². The number of thioether (sulfide) groups is 1. The zero-order chi connectivity index (χ0) is 18.8. The van der Waals surface area contributed by atoms with Crippen molar-refractivity contribution < 1.29 is 13.6 Å². The molecule has 9 heteroatoms. The van der Waals surface area contributed by atoms with Gasteiger partial charge in [0, 0.05) is 5.69 Å². The lowest BCUT2D eigenvalue weighted by molar-refractivity contribution is -0.115. The molecule has 3 N–H and O–H groups in total. The van der Waals surface area contributed by atoms with Crippen LogP contribution in [0.15, 0.2) is 40.1 Å². The zero-order valence-electron chi connectivity index (χ0n) is 14.5. The number of aromatic nitrogens is 3. The molecule has 0 bridgehead atoms. The second-order valence-electron chi connectivity index (χ2n) is 5.78. The van der Waals surface area contributed by atoms with Crippen LogP contribution in [0.3, 0.4) is 0 Å². The van der Waals surface area contributed by atoms with Gasteiger partial charge in [0.2, 0.25) is 11.1 Å². The summed E-state index contributed by atoms with van der Waals surface area (Å²) in [4.78, 5) is 12.3. The third kappa shape index (κ3) is 3.57. The van der Waals surface area contributed by atoms with Crippen molar-refractivity contribution in [3.8, 4) is 11.4 Å². The fourth-order valence-electron chi connectivity index (χ4n) is 2.28. The van der Waals surface area contributed by atoms with Crippen LogP contribution in [0.4, 0.5) is 10.1 Å². The van der Waals surface area contributed by atoms with Crippen LogP contribution in [0.1, 0.15) is 18.2 Å². The summed E-state index contributed by atoms with van der Waals surface area (Å²) in [5, 5.41) is 10.7. The van der Waals surface area contributed by atoms with E-state index in [0.29, 0.717) is 28.0 Å². The fourth-order valence-corrected chi connectivity index (χ4v) is 3.05. The number of carbonyl (C=O) groups excluding carboxylic acids is 1. The maximum atomic E-state index is 13.6. The predicted octanol–water partition coefficient (Wildman–Crippen LogP) is 3.13. The van der Waals surface area contributed by atoms with Gasteiger partial charge in [-0.05, 0) is 44.5 Å². The van der Waals surface area contributed by atoms with E-state index in [1.54, 1.807) is 45.2 Å². The Morgan fingerprint density at radius 2 is 2.12 bits per heavy atom. The van der Waals surface area contributed by atoms with Gasteiger partial charge in [-0.2, -0.15) is 0 Å². The number of nitrogen functional groups attached to an aromatic ring is 1. The summed E-state index contributed by atoms with van der Waals surface area (Å²) in [6.07, 6.45) is 1.54. The number of amides is 1. The van der Waals surface area contributed by atoms with E-state index in [-0.39, 0.29) is 11.7 Å². The van der Waals surface area contributed by atoms with E-state index in [2.05, 4.69) is 15.5 Å². The molecule has 1 atom stereocenters. The van der Waals surface area contributed by atoms with Crippen LogP contribution < -0.4 is 11.2 Å². The Morgan fingerprint density at radius 1 is 1.35 bits per heavy atom. The summed E-state index contributed by atoms with van der Waals surface area (Å²) in [7, 11) is 0. The monoisotopic (exact) mass is 375 g/mol. The first-order chi connectivity index (χ1) is 12.4. The van der Waals surface area contributed by atoms with Crippen molar-refractivity contribution in [1.29, 1.82) is 0 Å². The fraction of sp³-hybridized carbons (Fsp3) is 0.235. The molecule has 0 aliphatic rings. The third-order valence-electron chi connectivity index (χ3n) is 3.86. The van der Waals surface area contributed by atoms with Gasteiger partial charge in [-0.15, -0.1) is 10.2 Å². The second kappa shape index (κ2) is 7.20. The molecule has 1 aromatic carbocycles. The summed E-state index contributed by atoms with van der Waals surface area (Å²) >= 11 is 1.16. The number of nitrogens with two attached hydrogens (primary N) is 1. The highest BCUT2D eigenvalue weighted by atomic mass is 32.2. The van der Waals surface area contributed by atoms with Crippen LogP contribution in [0.2, 0.25) is 0 Å². The molecule has 26 heavy (non-hydrogen) atoms. The molecule has 3 rings (SSSR count). The van der Waals surface area contributed by atoms with Crippen LogP contribution in [0.25, 0.3) is 11.4 Å². The van der Waals surface area contributed by atoms with Gasteiger partial charge in [-0.25, -0.2) is 9.07 Å². The maximum absolute atomic E-state index is 13.6. The number of carbonyl (C=O) groups is 1. The summed E-state index contributed by atoms with van der Waals surface area (Å²) in [6.45, 7) is 5.17. The Bertz CT molecular complexity index is 953. The lowest BCUT2D eigenvalue weighted by Crippen LogP contribution is -2.23. The van der Waals surface area contributed by atoms with Crippen LogP contribution in [0, 0.1) is 19.7 Å². The molecule has 2 heterocycles. The SMILES string of the molecule is Cc1ccc(NC(=O)C(C)Sc2nnc(-c3ccoc3C)n2N)cc1F. The number of hydrogen-bond donors (Lipinski definition) is 2. The van der Waals surface area contributed by atoms with E-state index in [0.717, 1.165) is 17.3 Å². The van der Waals surface area contributed by atoms with Crippen LogP contribution in [0.5, 0.6) is 0 Å². The summed E-state index contributed by atoms with van der Waals surface area (Å²) in [5.41, 5.74) is 1.65. The highest BCUT2D eigenvalue weighted by Gasteiger charge is 2.21. The molecule has 0 spiro atoms. The van der Waals surface area contributed by atoms with Gasteiger partial charge in [-0.1, -0.05) is 17.8 Å². The molecule has 136 valence electrons. The number of anilines is 1. The van der Waals surface area contributed by atoms with Gasteiger partial charge in [0.1, 0.15) is 11.6 Å². The molecule has 0 radical (unpaired) electrons. The number of benzene rings is 1. The van der Waals surface area contributed by atoms with Gasteiger partial charge in [0.05, 0.1) is 17.1 Å². The number of hydrogen-bond acceptors (Lipinski definition) is 6. The van der Waals surface area contributed by atoms with Gasteiger partial charge >= 0.3 is 0 Å². The van der Waals surface area contributed by atoms with Gasteiger partial charge in [0.25, 0.3) is 0 Å². The minimum absolute atomic E-state index is 0.290. The molecule has 1 amide bonds. The average molecular weight is 375 g/mol. The first-order valence-corrected chi connectivity index (χ1v) is 8.73. The number of rotatable bonds is 5. The Balaban J connectivity index is 1.70. The normalized spacial score (nSPS) is 12.2. The number of aryl methyl sites for hydroxylation is 2. The van der Waals surface area contributed by atoms with Gasteiger partial charge in [0.15, 0.2) is 5.82 Å². The molecule has 7 nitrogen and oxygen atoms in total. The van der Waals surface area contributed by atoms with Crippen molar-refractivity contribution >= 4 is 23.4 Å². The molecule has 0 saturated carbocycles. The van der Waals surface area contributed by atoms with Crippen LogP contribution >= 0.6 is 11.8 Å². The second-order valence-corrected chi connectivity index (χ2v) is 7.09. The molecule has 0 aliphatic carbocycles. The van der Waals surface area contributed by atoms with Crippen molar-refractivity contribution in [2.75, 3.05) is 11.2 Å². The van der Waals surface area contributed by atoms with E-state index in [1.807, 2.05) is 0 Å². The van der Waals surface area contributed by atoms with Crippen molar-refractivity contribution in [3.63, 3.8) is 0 Å². The molecule has 3 aromatic rings. The Hall–Kier alpha value is -2.81. The molecule has 1 unspecified atom stereocenters. The van der Waals surface area contributed by atoms with E-state index < -0.39 is 5.25 Å². The first kappa shape index (κ1) is 18.0. The van der Waals surface area contributed by atoms with E-state index in [1.165, 1.54) is 10.7 Å². The minimum atomic E-state index is -0.510. The van der Waals surface area contributed by atoms with Crippen molar-refractivity contribution in [1.82, 2.24) is 14.9 Å². The highest BCUT2D eigenvalue weighted by molar-refractivity contribution is 8.00. The zero-order valence-corrected chi connectivity index (χ0v) is 15.3. The molecular weight excluding hydrogens is 357 g/mol. The summed E-state index contributed by atoms with van der Waals surface area (Å²) in [6, 6.07) is 6.30. The number of nitrogens with one attached hydrogen (secondary N) is 1. The molecule has 0 saturated heterocycles. The van der Waals surface area contributed by atoms with Crippen molar-refractivity contribution in [2.24, 2.45) is 0 Å². The third-order valence-corrected chi connectivity index (χ3v) is 4.91. The number of halogens is 1. The van der Waals surface area contributed by atoms with Gasteiger partial charge in [-0.3, -0.25) is 4.79 Å². The van der Waals surface area contributed by atoms with Crippen LogP contribution in [-0.4, -0.2) is 26.0 Å². The standard InChI is InChI=1S/C17H18FN5O2S/c1-9-4-5-12(8-14(9)18)20-16(24)11(3)26-17-22-21-15(23(17)19)13-6-7-25-10(13)2/h4-8,11H,19H2,1-3H3,(H,20,24). The smallest absolute Gasteiger partial charge is 0.237 e. The Labute approximate surface area is 153 Å². The lowest BCUT2D eigenvalue weighted by atomic mass is 10.2. The predicted molar refractivity (Wildman–Crippen MR) is 97.7 cm³/mol. The Kier molecular flexibility index (Phi) is 4.99. The van der Waals surface area contributed by atoms with Crippen molar-refractivity contribution in [3.05, 3.63) is 47.7 Å². The lowest BCUT2D eigenvalue weighted by Gasteiger charge is -2.12. The maximum Gasteiger partial charge on any atom is 0.237 e. The Morgan fingerprint density at radius 3 is 2.77 bits per heavy atom. The number of furan rings is 1. The van der Waals surface area contributed by atoms with E-state index in [9.17, 15) is 9.18 Å². The molecule has 0 fully saturated rings.